The second-order valence-electron chi connectivity index (χ2n) is 5.43. The number of benzene rings is 2. The fraction of sp³-hybridized carbons (Fsp3) is 0.125. The van der Waals surface area contributed by atoms with Crippen molar-refractivity contribution < 1.29 is 9.72 Å². The predicted molar refractivity (Wildman–Crippen MR) is 89.5 cm³/mol. The SMILES string of the molecule is O=C(c1ccc(Cl)cc1[N+](=O)[O-])N1CCn2c1nc1ccccc12. The Kier molecular flexibility index (Phi) is 3.24. The summed E-state index contributed by atoms with van der Waals surface area (Å²) < 4.78 is 1.94. The van der Waals surface area contributed by atoms with Crippen molar-refractivity contribution in [2.24, 2.45) is 0 Å². The van der Waals surface area contributed by atoms with Crippen molar-refractivity contribution in [3.63, 3.8) is 0 Å². The molecule has 0 saturated carbocycles. The lowest BCUT2D eigenvalue weighted by Crippen LogP contribution is -2.30. The van der Waals surface area contributed by atoms with Crippen molar-refractivity contribution >= 4 is 40.2 Å². The minimum atomic E-state index is -0.599. The number of fused-ring (bicyclic) bond motifs is 3. The van der Waals surface area contributed by atoms with E-state index in [1.54, 1.807) is 0 Å². The summed E-state index contributed by atoms with van der Waals surface area (Å²) in [7, 11) is 0. The Morgan fingerprint density at radius 3 is 2.79 bits per heavy atom. The maximum Gasteiger partial charge on any atom is 0.283 e. The molecule has 24 heavy (non-hydrogen) atoms. The fourth-order valence-corrected chi connectivity index (χ4v) is 3.13. The van der Waals surface area contributed by atoms with E-state index in [1.165, 1.54) is 23.1 Å². The van der Waals surface area contributed by atoms with Crippen LogP contribution in [0.25, 0.3) is 11.0 Å². The molecule has 3 aromatic rings. The van der Waals surface area contributed by atoms with Gasteiger partial charge in [0.1, 0.15) is 5.56 Å². The monoisotopic (exact) mass is 342 g/mol. The van der Waals surface area contributed by atoms with Crippen LogP contribution < -0.4 is 4.90 Å². The number of aromatic nitrogens is 2. The molecular weight excluding hydrogens is 332 g/mol. The number of carbonyl (C=O) groups excluding carboxylic acids is 1. The van der Waals surface area contributed by atoms with Gasteiger partial charge in [-0.2, -0.15) is 0 Å². The van der Waals surface area contributed by atoms with E-state index in [2.05, 4.69) is 4.98 Å². The van der Waals surface area contributed by atoms with Gasteiger partial charge in [0, 0.05) is 24.2 Å². The molecule has 0 spiro atoms. The zero-order valence-electron chi connectivity index (χ0n) is 12.3. The summed E-state index contributed by atoms with van der Waals surface area (Å²) >= 11 is 5.81. The molecule has 0 atom stereocenters. The average Bonchev–Trinajstić information content (AvgIpc) is 3.13. The van der Waals surface area contributed by atoms with Gasteiger partial charge in [0.25, 0.3) is 11.6 Å². The number of anilines is 1. The van der Waals surface area contributed by atoms with Crippen LogP contribution in [0.5, 0.6) is 0 Å². The first-order valence-electron chi connectivity index (χ1n) is 7.27. The van der Waals surface area contributed by atoms with Crippen molar-refractivity contribution in [1.29, 1.82) is 0 Å². The van der Waals surface area contributed by atoms with Gasteiger partial charge in [-0.3, -0.25) is 19.8 Å². The van der Waals surface area contributed by atoms with E-state index in [1.807, 2.05) is 28.8 Å². The molecule has 4 rings (SSSR count). The molecule has 7 nitrogen and oxygen atoms in total. The Hall–Kier alpha value is -2.93. The molecule has 1 aromatic heterocycles. The van der Waals surface area contributed by atoms with E-state index in [9.17, 15) is 14.9 Å². The first-order chi connectivity index (χ1) is 11.6. The molecular formula is C16H11ClN4O3. The summed E-state index contributed by atoms with van der Waals surface area (Å²) in [6.45, 7) is 1.02. The van der Waals surface area contributed by atoms with E-state index in [-0.39, 0.29) is 16.3 Å². The van der Waals surface area contributed by atoms with Gasteiger partial charge in [0.15, 0.2) is 0 Å². The predicted octanol–water partition coefficient (Wildman–Crippen LogP) is 3.26. The Balaban J connectivity index is 1.80. The number of carbonyl (C=O) groups is 1. The molecule has 0 fully saturated rings. The highest BCUT2D eigenvalue weighted by molar-refractivity contribution is 6.31. The lowest BCUT2D eigenvalue weighted by molar-refractivity contribution is -0.385. The molecule has 8 heteroatoms. The fourth-order valence-electron chi connectivity index (χ4n) is 2.96. The molecule has 0 radical (unpaired) electrons. The van der Waals surface area contributed by atoms with E-state index in [0.717, 1.165) is 11.0 Å². The molecule has 0 bridgehead atoms. The topological polar surface area (TPSA) is 81.3 Å². The standard InChI is InChI=1S/C16H11ClN4O3/c17-10-5-6-11(14(9-10)21(23)24)15(22)20-8-7-19-13-4-2-1-3-12(13)18-16(19)20/h1-6,9H,7-8H2. The molecule has 0 saturated heterocycles. The Bertz CT molecular complexity index is 998. The normalized spacial score (nSPS) is 13.3. The first-order valence-corrected chi connectivity index (χ1v) is 7.65. The smallest absolute Gasteiger partial charge is 0.283 e. The number of amides is 1. The van der Waals surface area contributed by atoms with Crippen LogP contribution in [0.2, 0.25) is 5.02 Å². The number of imidazole rings is 1. The van der Waals surface area contributed by atoms with Crippen molar-refractivity contribution in [3.05, 3.63) is 63.2 Å². The number of nitro groups is 1. The van der Waals surface area contributed by atoms with Crippen LogP contribution >= 0.6 is 11.6 Å². The van der Waals surface area contributed by atoms with Gasteiger partial charge in [0.05, 0.1) is 16.0 Å². The Morgan fingerprint density at radius 1 is 1.21 bits per heavy atom. The molecule has 1 aliphatic heterocycles. The van der Waals surface area contributed by atoms with Crippen molar-refractivity contribution in [1.82, 2.24) is 9.55 Å². The van der Waals surface area contributed by atoms with Crippen LogP contribution in [-0.2, 0) is 6.54 Å². The van der Waals surface area contributed by atoms with E-state index < -0.39 is 10.8 Å². The van der Waals surface area contributed by atoms with E-state index in [4.69, 9.17) is 11.6 Å². The number of nitro benzene ring substituents is 1. The van der Waals surface area contributed by atoms with Gasteiger partial charge in [0.2, 0.25) is 5.95 Å². The molecule has 120 valence electrons. The number of hydrogen-bond donors (Lipinski definition) is 0. The maximum absolute atomic E-state index is 12.8. The van der Waals surface area contributed by atoms with Crippen molar-refractivity contribution in [2.75, 3.05) is 11.4 Å². The molecule has 2 aromatic carbocycles. The second-order valence-corrected chi connectivity index (χ2v) is 5.86. The first kappa shape index (κ1) is 14.6. The summed E-state index contributed by atoms with van der Waals surface area (Å²) in [5.41, 5.74) is 1.43. The molecule has 2 heterocycles. The van der Waals surface area contributed by atoms with Gasteiger partial charge in [-0.1, -0.05) is 23.7 Å². The molecule has 1 aliphatic rings. The van der Waals surface area contributed by atoms with Crippen molar-refractivity contribution in [3.8, 4) is 0 Å². The minimum absolute atomic E-state index is 0.00454. The molecule has 0 aliphatic carbocycles. The van der Waals surface area contributed by atoms with Crippen LogP contribution in [0.4, 0.5) is 11.6 Å². The number of nitrogens with zero attached hydrogens (tertiary/aromatic N) is 4. The number of halogens is 1. The summed E-state index contributed by atoms with van der Waals surface area (Å²) in [4.78, 5) is 29.4. The van der Waals surface area contributed by atoms with Gasteiger partial charge in [-0.25, -0.2) is 4.98 Å². The largest absolute Gasteiger partial charge is 0.308 e. The highest BCUT2D eigenvalue weighted by atomic mass is 35.5. The summed E-state index contributed by atoms with van der Waals surface area (Å²) in [5, 5.41) is 11.4. The van der Waals surface area contributed by atoms with Crippen LogP contribution in [0.3, 0.4) is 0 Å². The Labute approximate surface area is 141 Å². The minimum Gasteiger partial charge on any atom is -0.308 e. The lowest BCUT2D eigenvalue weighted by Gasteiger charge is -2.14. The van der Waals surface area contributed by atoms with E-state index in [0.29, 0.717) is 19.0 Å². The summed E-state index contributed by atoms with van der Waals surface area (Å²) in [6, 6.07) is 11.6. The highest BCUT2D eigenvalue weighted by Gasteiger charge is 2.32. The zero-order valence-corrected chi connectivity index (χ0v) is 13.1. The lowest BCUT2D eigenvalue weighted by atomic mass is 10.1. The summed E-state index contributed by atoms with van der Waals surface area (Å²) in [5.74, 6) is 0.0536. The van der Waals surface area contributed by atoms with Crippen LogP contribution in [-0.4, -0.2) is 26.9 Å². The van der Waals surface area contributed by atoms with Gasteiger partial charge < -0.3 is 4.57 Å². The van der Waals surface area contributed by atoms with Gasteiger partial charge >= 0.3 is 0 Å². The van der Waals surface area contributed by atoms with Crippen LogP contribution in [0.15, 0.2) is 42.5 Å². The highest BCUT2D eigenvalue weighted by Crippen LogP contribution is 2.31. The van der Waals surface area contributed by atoms with Crippen LogP contribution in [0, 0.1) is 10.1 Å². The summed E-state index contributed by atoms with van der Waals surface area (Å²) in [6.07, 6.45) is 0. The van der Waals surface area contributed by atoms with E-state index >= 15 is 0 Å². The Morgan fingerprint density at radius 2 is 2.00 bits per heavy atom. The average molecular weight is 343 g/mol. The number of para-hydroxylation sites is 2. The third-order valence-electron chi connectivity index (χ3n) is 4.06. The second kappa shape index (κ2) is 5.31. The maximum atomic E-state index is 12.8. The van der Waals surface area contributed by atoms with Gasteiger partial charge in [-0.05, 0) is 24.3 Å². The third kappa shape index (κ3) is 2.13. The molecule has 1 amide bonds. The number of rotatable bonds is 2. The van der Waals surface area contributed by atoms with Crippen LogP contribution in [0.1, 0.15) is 10.4 Å². The number of hydrogen-bond acceptors (Lipinski definition) is 4. The zero-order chi connectivity index (χ0) is 16.8. The quantitative estimate of drug-likeness (QED) is 0.528. The molecule has 0 N–H and O–H groups in total. The van der Waals surface area contributed by atoms with Crippen molar-refractivity contribution in [2.45, 2.75) is 6.54 Å². The third-order valence-corrected chi connectivity index (χ3v) is 4.29. The van der Waals surface area contributed by atoms with Gasteiger partial charge in [-0.15, -0.1) is 0 Å². The molecule has 0 unspecified atom stereocenters.